The molecule has 0 bridgehead atoms. The summed E-state index contributed by atoms with van der Waals surface area (Å²) >= 11 is 0. The first kappa shape index (κ1) is 13.8. The highest BCUT2D eigenvalue weighted by Gasteiger charge is 2.13. The van der Waals surface area contributed by atoms with Crippen molar-refractivity contribution in [3.63, 3.8) is 0 Å². The highest BCUT2D eigenvalue weighted by molar-refractivity contribution is 6.03. The predicted octanol–water partition coefficient (Wildman–Crippen LogP) is 3.78. The number of aromatic carboxylic acids is 1. The Bertz CT molecular complexity index is 922. The van der Waals surface area contributed by atoms with Crippen LogP contribution in [-0.2, 0) is 0 Å². The minimum atomic E-state index is -0.979. The average Bonchev–Trinajstić information content (AvgIpc) is 2.53. The quantitative estimate of drug-likeness (QED) is 0.778. The van der Waals surface area contributed by atoms with Crippen molar-refractivity contribution in [1.29, 1.82) is 5.26 Å². The van der Waals surface area contributed by atoms with Crippen LogP contribution >= 0.6 is 0 Å². The van der Waals surface area contributed by atoms with E-state index in [1.165, 1.54) is 0 Å². The predicted molar refractivity (Wildman–Crippen MR) is 83.6 cm³/mol. The molecule has 0 radical (unpaired) electrons. The van der Waals surface area contributed by atoms with Crippen molar-refractivity contribution < 1.29 is 9.90 Å². The first-order valence-corrected chi connectivity index (χ1v) is 6.74. The number of nitrogens with zero attached hydrogens (tertiary/aromatic N) is 2. The Kier molecular flexibility index (Phi) is 3.32. The number of carboxylic acids is 1. The monoisotopic (exact) mass is 288 g/mol. The summed E-state index contributed by atoms with van der Waals surface area (Å²) in [5.74, 6) is -0.979. The second-order valence-corrected chi connectivity index (χ2v) is 5.07. The molecule has 4 heteroatoms. The van der Waals surface area contributed by atoms with Crippen molar-refractivity contribution in [3.8, 4) is 17.3 Å². The zero-order valence-corrected chi connectivity index (χ0v) is 11.9. The molecule has 2 aromatic carbocycles. The van der Waals surface area contributed by atoms with Crippen molar-refractivity contribution >= 4 is 16.9 Å². The summed E-state index contributed by atoms with van der Waals surface area (Å²) in [6.07, 6.45) is 0. The number of benzene rings is 2. The summed E-state index contributed by atoms with van der Waals surface area (Å²) in [7, 11) is 0. The molecule has 0 amide bonds. The minimum Gasteiger partial charge on any atom is -0.478 e. The minimum absolute atomic E-state index is 0.230. The highest BCUT2D eigenvalue weighted by Crippen LogP contribution is 2.26. The van der Waals surface area contributed by atoms with E-state index < -0.39 is 5.97 Å². The van der Waals surface area contributed by atoms with Gasteiger partial charge in [0.25, 0.3) is 0 Å². The van der Waals surface area contributed by atoms with Crippen LogP contribution in [0.4, 0.5) is 0 Å². The van der Waals surface area contributed by atoms with Crippen molar-refractivity contribution in [2.45, 2.75) is 6.92 Å². The molecule has 0 saturated heterocycles. The molecule has 0 atom stereocenters. The zero-order chi connectivity index (χ0) is 15.7. The number of hydrogen-bond donors (Lipinski definition) is 1. The SMILES string of the molecule is Cc1ccc2nc(-c3ccc(C#N)cc3)cc(C(=O)O)c2c1. The van der Waals surface area contributed by atoms with Gasteiger partial charge in [0.2, 0.25) is 0 Å². The molecule has 106 valence electrons. The van der Waals surface area contributed by atoms with E-state index in [1.807, 2.05) is 25.1 Å². The number of carbonyl (C=O) groups is 1. The van der Waals surface area contributed by atoms with Crippen LogP contribution in [0.1, 0.15) is 21.5 Å². The zero-order valence-electron chi connectivity index (χ0n) is 11.9. The van der Waals surface area contributed by atoms with Gasteiger partial charge in [0.15, 0.2) is 0 Å². The Balaban J connectivity index is 2.24. The van der Waals surface area contributed by atoms with Crippen LogP contribution in [0.15, 0.2) is 48.5 Å². The molecule has 0 saturated carbocycles. The maximum atomic E-state index is 11.5. The van der Waals surface area contributed by atoms with Gasteiger partial charge in [0.1, 0.15) is 0 Å². The van der Waals surface area contributed by atoms with Crippen LogP contribution < -0.4 is 0 Å². The molecule has 1 aromatic heterocycles. The van der Waals surface area contributed by atoms with E-state index >= 15 is 0 Å². The van der Waals surface area contributed by atoms with Gasteiger partial charge in [-0.15, -0.1) is 0 Å². The lowest BCUT2D eigenvalue weighted by molar-refractivity contribution is 0.0699. The van der Waals surface area contributed by atoms with Crippen LogP contribution in [-0.4, -0.2) is 16.1 Å². The second kappa shape index (κ2) is 5.30. The molecule has 3 aromatic rings. The standard InChI is InChI=1S/C18H12N2O2/c1-11-2-7-16-14(8-11)15(18(21)22)9-17(20-16)13-5-3-12(10-19)4-6-13/h2-9H,1H3,(H,21,22). The molecule has 0 unspecified atom stereocenters. The molecule has 1 N–H and O–H groups in total. The summed E-state index contributed by atoms with van der Waals surface area (Å²) in [6.45, 7) is 1.92. The van der Waals surface area contributed by atoms with Gasteiger partial charge in [-0.2, -0.15) is 5.26 Å². The lowest BCUT2D eigenvalue weighted by Gasteiger charge is -2.08. The molecule has 4 nitrogen and oxygen atoms in total. The van der Waals surface area contributed by atoms with Crippen LogP contribution in [0.3, 0.4) is 0 Å². The van der Waals surface area contributed by atoms with Crippen molar-refractivity contribution in [2.24, 2.45) is 0 Å². The van der Waals surface area contributed by atoms with Crippen molar-refractivity contribution in [1.82, 2.24) is 4.98 Å². The molecule has 3 rings (SSSR count). The topological polar surface area (TPSA) is 74.0 Å². The number of nitriles is 1. The molecule has 22 heavy (non-hydrogen) atoms. The summed E-state index contributed by atoms with van der Waals surface area (Å²) in [4.78, 5) is 16.1. The molecular formula is C18H12N2O2. The fourth-order valence-corrected chi connectivity index (χ4v) is 2.38. The van der Waals surface area contributed by atoms with Crippen molar-refractivity contribution in [3.05, 3.63) is 65.2 Å². The van der Waals surface area contributed by atoms with E-state index in [2.05, 4.69) is 11.1 Å². The number of rotatable bonds is 2. The van der Waals surface area contributed by atoms with Gasteiger partial charge < -0.3 is 5.11 Å². The van der Waals surface area contributed by atoms with Crippen LogP contribution in [0.5, 0.6) is 0 Å². The molecule has 0 spiro atoms. The Morgan fingerprint density at radius 1 is 1.14 bits per heavy atom. The van der Waals surface area contributed by atoms with E-state index in [0.29, 0.717) is 22.2 Å². The number of aromatic nitrogens is 1. The van der Waals surface area contributed by atoms with Gasteiger partial charge in [-0.3, -0.25) is 0 Å². The maximum Gasteiger partial charge on any atom is 0.336 e. The highest BCUT2D eigenvalue weighted by atomic mass is 16.4. The number of pyridine rings is 1. The fourth-order valence-electron chi connectivity index (χ4n) is 2.38. The summed E-state index contributed by atoms with van der Waals surface area (Å²) in [5, 5.41) is 18.9. The Morgan fingerprint density at radius 2 is 1.86 bits per heavy atom. The number of fused-ring (bicyclic) bond motifs is 1. The molecule has 0 fully saturated rings. The normalized spacial score (nSPS) is 10.4. The molecule has 0 aliphatic carbocycles. The first-order chi connectivity index (χ1) is 10.6. The Labute approximate surface area is 127 Å². The van der Waals surface area contributed by atoms with Crippen LogP contribution in [0.2, 0.25) is 0 Å². The van der Waals surface area contributed by atoms with Gasteiger partial charge in [0, 0.05) is 10.9 Å². The summed E-state index contributed by atoms with van der Waals surface area (Å²) in [6, 6.07) is 16.1. The third-order valence-corrected chi connectivity index (χ3v) is 3.50. The lowest BCUT2D eigenvalue weighted by atomic mass is 10.0. The van der Waals surface area contributed by atoms with Crippen LogP contribution in [0, 0.1) is 18.3 Å². The van der Waals surface area contributed by atoms with E-state index in [-0.39, 0.29) is 5.56 Å². The largest absolute Gasteiger partial charge is 0.478 e. The summed E-state index contributed by atoms with van der Waals surface area (Å²) in [5.41, 5.74) is 3.78. The second-order valence-electron chi connectivity index (χ2n) is 5.07. The van der Waals surface area contributed by atoms with Gasteiger partial charge in [-0.05, 0) is 37.3 Å². The van der Waals surface area contributed by atoms with Gasteiger partial charge in [0.05, 0.1) is 28.4 Å². The van der Waals surface area contributed by atoms with E-state index in [9.17, 15) is 9.90 Å². The maximum absolute atomic E-state index is 11.5. The number of aryl methyl sites for hydroxylation is 1. The molecule has 1 heterocycles. The van der Waals surface area contributed by atoms with E-state index in [0.717, 1.165) is 11.1 Å². The fraction of sp³-hybridized carbons (Fsp3) is 0.0556. The number of hydrogen-bond acceptors (Lipinski definition) is 3. The van der Waals surface area contributed by atoms with E-state index in [1.54, 1.807) is 30.3 Å². The smallest absolute Gasteiger partial charge is 0.336 e. The van der Waals surface area contributed by atoms with Crippen LogP contribution in [0.25, 0.3) is 22.2 Å². The van der Waals surface area contributed by atoms with Gasteiger partial charge in [-0.1, -0.05) is 23.8 Å². The number of carboxylic acid groups (broad SMARTS) is 1. The third kappa shape index (κ3) is 2.40. The molecular weight excluding hydrogens is 276 g/mol. The Morgan fingerprint density at radius 3 is 2.50 bits per heavy atom. The Hall–Kier alpha value is -3.19. The van der Waals surface area contributed by atoms with Gasteiger partial charge >= 0.3 is 5.97 Å². The lowest BCUT2D eigenvalue weighted by Crippen LogP contribution is -2.00. The van der Waals surface area contributed by atoms with Crippen molar-refractivity contribution in [2.75, 3.05) is 0 Å². The molecule has 0 aliphatic heterocycles. The summed E-state index contributed by atoms with van der Waals surface area (Å²) < 4.78 is 0. The average molecular weight is 288 g/mol. The third-order valence-electron chi connectivity index (χ3n) is 3.50. The molecule has 0 aliphatic rings. The van der Waals surface area contributed by atoms with E-state index in [4.69, 9.17) is 5.26 Å². The van der Waals surface area contributed by atoms with Gasteiger partial charge in [-0.25, -0.2) is 9.78 Å². The first-order valence-electron chi connectivity index (χ1n) is 6.74.